The summed E-state index contributed by atoms with van der Waals surface area (Å²) in [6, 6.07) is 14.7. The van der Waals surface area contributed by atoms with Crippen molar-refractivity contribution in [2.24, 2.45) is 0 Å². The van der Waals surface area contributed by atoms with Crippen LogP contribution in [-0.2, 0) is 11.4 Å². The van der Waals surface area contributed by atoms with Crippen LogP contribution >= 0.6 is 11.6 Å². The van der Waals surface area contributed by atoms with Gasteiger partial charge in [-0.2, -0.15) is 0 Å². The highest BCUT2D eigenvalue weighted by atomic mass is 35.5. The highest BCUT2D eigenvalue weighted by molar-refractivity contribution is 6.32. The summed E-state index contributed by atoms with van der Waals surface area (Å²) in [5.74, 6) is -0.319. The molecule has 0 aliphatic heterocycles. The molecule has 20 heavy (non-hydrogen) atoms. The summed E-state index contributed by atoms with van der Waals surface area (Å²) in [6.45, 7) is 0.409. The summed E-state index contributed by atoms with van der Waals surface area (Å²) < 4.78 is 5.62. The molecule has 102 valence electrons. The van der Waals surface area contributed by atoms with Gasteiger partial charge < -0.3 is 9.84 Å². The first-order valence-electron chi connectivity index (χ1n) is 6.02. The van der Waals surface area contributed by atoms with E-state index in [9.17, 15) is 4.79 Å². The molecule has 1 N–H and O–H groups in total. The minimum Gasteiger partial charge on any atom is -0.487 e. The van der Waals surface area contributed by atoms with E-state index < -0.39 is 5.97 Å². The van der Waals surface area contributed by atoms with E-state index in [2.05, 4.69) is 0 Å². The number of hydrogen-bond donors (Lipinski definition) is 1. The van der Waals surface area contributed by atoms with Gasteiger partial charge in [-0.3, -0.25) is 0 Å². The van der Waals surface area contributed by atoms with Crippen LogP contribution in [0.3, 0.4) is 0 Å². The first-order valence-corrected chi connectivity index (χ1v) is 6.40. The van der Waals surface area contributed by atoms with Crippen LogP contribution in [0.25, 0.3) is 6.08 Å². The average molecular weight is 289 g/mol. The number of halogens is 1. The SMILES string of the molecule is O=C(O)C=Cc1ccc(COc2ccccc2Cl)cc1. The Balaban J connectivity index is 1.97. The third kappa shape index (κ3) is 4.14. The fourth-order valence-corrected chi connectivity index (χ4v) is 1.81. The van der Waals surface area contributed by atoms with Gasteiger partial charge >= 0.3 is 5.97 Å². The van der Waals surface area contributed by atoms with Gasteiger partial charge in [-0.15, -0.1) is 0 Å². The smallest absolute Gasteiger partial charge is 0.328 e. The van der Waals surface area contributed by atoms with E-state index in [1.807, 2.05) is 42.5 Å². The molecule has 0 aromatic heterocycles. The van der Waals surface area contributed by atoms with Crippen LogP contribution in [0.15, 0.2) is 54.6 Å². The fraction of sp³-hybridized carbons (Fsp3) is 0.0625. The predicted octanol–water partition coefficient (Wildman–Crippen LogP) is 4.02. The van der Waals surface area contributed by atoms with E-state index in [1.54, 1.807) is 12.1 Å². The van der Waals surface area contributed by atoms with Crippen LogP contribution in [0.2, 0.25) is 5.02 Å². The molecule has 4 heteroatoms. The van der Waals surface area contributed by atoms with Gasteiger partial charge in [0.2, 0.25) is 0 Å². The van der Waals surface area contributed by atoms with Gasteiger partial charge in [-0.25, -0.2) is 4.79 Å². The molecule has 0 heterocycles. The predicted molar refractivity (Wildman–Crippen MR) is 78.9 cm³/mol. The maximum atomic E-state index is 10.4. The largest absolute Gasteiger partial charge is 0.487 e. The number of carbonyl (C=O) groups is 1. The maximum absolute atomic E-state index is 10.4. The number of para-hydroxylation sites is 1. The van der Waals surface area contributed by atoms with Crippen molar-refractivity contribution >= 4 is 23.6 Å². The van der Waals surface area contributed by atoms with E-state index in [1.165, 1.54) is 0 Å². The molecule has 2 aromatic rings. The van der Waals surface area contributed by atoms with Crippen LogP contribution in [0.5, 0.6) is 5.75 Å². The van der Waals surface area contributed by atoms with Gasteiger partial charge in [0, 0.05) is 6.08 Å². The molecule has 0 unspecified atom stereocenters. The number of hydrogen-bond acceptors (Lipinski definition) is 2. The zero-order chi connectivity index (χ0) is 14.4. The van der Waals surface area contributed by atoms with Crippen molar-refractivity contribution in [3.63, 3.8) is 0 Å². The van der Waals surface area contributed by atoms with Gasteiger partial charge in [0.25, 0.3) is 0 Å². The van der Waals surface area contributed by atoms with Crippen LogP contribution in [-0.4, -0.2) is 11.1 Å². The number of carboxylic acids is 1. The standard InChI is InChI=1S/C16H13ClO3/c17-14-3-1-2-4-15(14)20-11-13-7-5-12(6-8-13)9-10-16(18)19/h1-10H,11H2,(H,18,19). The minimum atomic E-state index is -0.962. The monoisotopic (exact) mass is 288 g/mol. The van der Waals surface area contributed by atoms with Crippen molar-refractivity contribution in [2.45, 2.75) is 6.61 Å². The molecule has 0 saturated heterocycles. The second kappa shape index (κ2) is 6.78. The Morgan fingerprint density at radius 2 is 1.85 bits per heavy atom. The van der Waals surface area contributed by atoms with E-state index in [0.717, 1.165) is 17.2 Å². The Hall–Kier alpha value is -2.26. The lowest BCUT2D eigenvalue weighted by Gasteiger charge is -2.07. The quantitative estimate of drug-likeness (QED) is 0.845. The molecule has 0 aliphatic carbocycles. The third-order valence-corrected chi connectivity index (χ3v) is 2.94. The number of aliphatic carboxylic acids is 1. The molecule has 0 bridgehead atoms. The van der Waals surface area contributed by atoms with Crippen molar-refractivity contribution in [2.75, 3.05) is 0 Å². The molecule has 0 aliphatic rings. The van der Waals surface area contributed by atoms with Crippen LogP contribution in [0.4, 0.5) is 0 Å². The lowest BCUT2D eigenvalue weighted by molar-refractivity contribution is -0.131. The Kier molecular flexibility index (Phi) is 4.80. The highest BCUT2D eigenvalue weighted by Crippen LogP contribution is 2.24. The lowest BCUT2D eigenvalue weighted by Crippen LogP contribution is -1.95. The lowest BCUT2D eigenvalue weighted by atomic mass is 10.1. The van der Waals surface area contributed by atoms with E-state index in [-0.39, 0.29) is 0 Å². The summed E-state index contributed by atoms with van der Waals surface area (Å²) in [7, 11) is 0. The molecule has 2 aromatic carbocycles. The Morgan fingerprint density at radius 1 is 1.15 bits per heavy atom. The molecule has 0 atom stereocenters. The summed E-state index contributed by atoms with van der Waals surface area (Å²) in [5, 5.41) is 9.12. The molecule has 0 saturated carbocycles. The average Bonchev–Trinajstić information content (AvgIpc) is 2.45. The Bertz CT molecular complexity index is 618. The molecule has 0 spiro atoms. The first kappa shape index (κ1) is 14.2. The van der Waals surface area contributed by atoms with Crippen LogP contribution < -0.4 is 4.74 Å². The number of benzene rings is 2. The van der Waals surface area contributed by atoms with Crippen molar-refractivity contribution in [3.8, 4) is 5.75 Å². The number of carboxylic acid groups (broad SMARTS) is 1. The van der Waals surface area contributed by atoms with Crippen LogP contribution in [0.1, 0.15) is 11.1 Å². The van der Waals surface area contributed by atoms with Crippen molar-refractivity contribution in [1.29, 1.82) is 0 Å². The summed E-state index contributed by atoms with van der Waals surface area (Å²) in [4.78, 5) is 10.4. The first-order chi connectivity index (χ1) is 9.65. The Morgan fingerprint density at radius 3 is 2.50 bits per heavy atom. The van der Waals surface area contributed by atoms with Crippen molar-refractivity contribution in [1.82, 2.24) is 0 Å². The molecule has 0 radical (unpaired) electrons. The Labute approximate surface area is 122 Å². The van der Waals surface area contributed by atoms with Gasteiger partial charge in [0.1, 0.15) is 12.4 Å². The van der Waals surface area contributed by atoms with E-state index in [0.29, 0.717) is 17.4 Å². The van der Waals surface area contributed by atoms with Gasteiger partial charge in [0.05, 0.1) is 5.02 Å². The summed E-state index contributed by atoms with van der Waals surface area (Å²) >= 11 is 6.00. The summed E-state index contributed by atoms with van der Waals surface area (Å²) in [5.41, 5.74) is 1.81. The van der Waals surface area contributed by atoms with Crippen molar-refractivity contribution < 1.29 is 14.6 Å². The second-order valence-electron chi connectivity index (χ2n) is 4.13. The molecule has 2 rings (SSSR count). The molecule has 3 nitrogen and oxygen atoms in total. The number of ether oxygens (including phenoxy) is 1. The zero-order valence-corrected chi connectivity index (χ0v) is 11.4. The number of rotatable bonds is 5. The fourth-order valence-electron chi connectivity index (χ4n) is 1.62. The van der Waals surface area contributed by atoms with E-state index >= 15 is 0 Å². The van der Waals surface area contributed by atoms with Crippen molar-refractivity contribution in [3.05, 3.63) is 70.8 Å². The van der Waals surface area contributed by atoms with Gasteiger partial charge in [-0.1, -0.05) is 48.0 Å². The highest BCUT2D eigenvalue weighted by Gasteiger charge is 2.00. The maximum Gasteiger partial charge on any atom is 0.328 e. The molecule has 0 amide bonds. The van der Waals surface area contributed by atoms with Gasteiger partial charge in [-0.05, 0) is 29.3 Å². The normalized spacial score (nSPS) is 10.7. The van der Waals surface area contributed by atoms with Gasteiger partial charge in [0.15, 0.2) is 0 Å². The summed E-state index contributed by atoms with van der Waals surface area (Å²) in [6.07, 6.45) is 2.65. The molecule has 0 fully saturated rings. The van der Waals surface area contributed by atoms with Crippen LogP contribution in [0, 0.1) is 0 Å². The van der Waals surface area contributed by atoms with E-state index in [4.69, 9.17) is 21.4 Å². The minimum absolute atomic E-state index is 0.409. The molecular formula is C16H13ClO3. The topological polar surface area (TPSA) is 46.5 Å². The second-order valence-corrected chi connectivity index (χ2v) is 4.54. The third-order valence-electron chi connectivity index (χ3n) is 2.63. The zero-order valence-electron chi connectivity index (χ0n) is 10.6. The molecular weight excluding hydrogens is 276 g/mol.